The summed E-state index contributed by atoms with van der Waals surface area (Å²) in [6, 6.07) is 15.3. The Bertz CT molecular complexity index is 732. The van der Waals surface area contributed by atoms with E-state index in [2.05, 4.69) is 16.3 Å². The van der Waals surface area contributed by atoms with E-state index < -0.39 is 0 Å². The molecule has 132 valence electrons. The van der Waals surface area contributed by atoms with E-state index >= 15 is 0 Å². The number of methoxy groups -OCH3 is 2. The van der Waals surface area contributed by atoms with Crippen LogP contribution in [0.25, 0.3) is 0 Å². The number of rotatable bonds is 6. The van der Waals surface area contributed by atoms with Crippen molar-refractivity contribution in [3.8, 4) is 11.5 Å². The maximum Gasteiger partial charge on any atom is 0.251 e. The van der Waals surface area contributed by atoms with Crippen LogP contribution in [0.4, 0.5) is 5.69 Å². The van der Waals surface area contributed by atoms with E-state index in [4.69, 9.17) is 9.47 Å². The van der Waals surface area contributed by atoms with E-state index in [1.165, 1.54) is 0 Å². The van der Waals surface area contributed by atoms with Gasteiger partial charge in [-0.3, -0.25) is 4.79 Å². The standard InChI is InChI=1S/C20H24N2O3/c1-24-17-7-5-6-16(12-17)20(23)21-13-15-10-11-22(14-15)18-8-3-4-9-19(18)25-2/h3-9,12,15H,10-11,13-14H2,1-2H3,(H,21,23)/t15-/m0/s1. The van der Waals surface area contributed by atoms with Crippen molar-refractivity contribution in [2.75, 3.05) is 38.8 Å². The van der Waals surface area contributed by atoms with Gasteiger partial charge in [-0.05, 0) is 42.7 Å². The fourth-order valence-corrected chi connectivity index (χ4v) is 3.21. The van der Waals surface area contributed by atoms with Crippen molar-refractivity contribution in [2.45, 2.75) is 6.42 Å². The van der Waals surface area contributed by atoms with Gasteiger partial charge in [0.15, 0.2) is 0 Å². The van der Waals surface area contributed by atoms with Gasteiger partial charge in [0.1, 0.15) is 11.5 Å². The third-order valence-corrected chi connectivity index (χ3v) is 4.59. The normalized spacial score (nSPS) is 16.6. The quantitative estimate of drug-likeness (QED) is 0.878. The highest BCUT2D eigenvalue weighted by atomic mass is 16.5. The minimum Gasteiger partial charge on any atom is -0.497 e. The predicted molar refractivity (Wildman–Crippen MR) is 98.6 cm³/mol. The van der Waals surface area contributed by atoms with Crippen molar-refractivity contribution in [3.63, 3.8) is 0 Å². The first-order valence-corrected chi connectivity index (χ1v) is 8.51. The van der Waals surface area contributed by atoms with E-state index in [-0.39, 0.29) is 5.91 Å². The maximum atomic E-state index is 12.3. The first-order chi connectivity index (χ1) is 12.2. The Morgan fingerprint density at radius 2 is 2.00 bits per heavy atom. The topological polar surface area (TPSA) is 50.8 Å². The third kappa shape index (κ3) is 4.05. The number of carbonyl (C=O) groups is 1. The van der Waals surface area contributed by atoms with E-state index in [0.717, 1.165) is 30.9 Å². The number of nitrogens with zero attached hydrogens (tertiary/aromatic N) is 1. The highest BCUT2D eigenvalue weighted by Crippen LogP contribution is 2.31. The lowest BCUT2D eigenvalue weighted by molar-refractivity contribution is 0.0948. The van der Waals surface area contributed by atoms with Gasteiger partial charge in [0.25, 0.3) is 5.91 Å². The van der Waals surface area contributed by atoms with E-state index in [0.29, 0.717) is 23.8 Å². The van der Waals surface area contributed by atoms with Crippen LogP contribution >= 0.6 is 0 Å². The Morgan fingerprint density at radius 3 is 2.80 bits per heavy atom. The molecule has 5 nitrogen and oxygen atoms in total. The molecule has 1 N–H and O–H groups in total. The molecule has 0 spiro atoms. The van der Waals surface area contributed by atoms with Crippen molar-refractivity contribution >= 4 is 11.6 Å². The van der Waals surface area contributed by atoms with E-state index in [1.54, 1.807) is 26.4 Å². The summed E-state index contributed by atoms with van der Waals surface area (Å²) in [5.41, 5.74) is 1.74. The highest BCUT2D eigenvalue weighted by molar-refractivity contribution is 5.94. The lowest BCUT2D eigenvalue weighted by Gasteiger charge is -2.21. The van der Waals surface area contributed by atoms with Crippen LogP contribution < -0.4 is 19.7 Å². The molecule has 2 aromatic rings. The van der Waals surface area contributed by atoms with Crippen molar-refractivity contribution in [3.05, 3.63) is 54.1 Å². The van der Waals surface area contributed by atoms with Gasteiger partial charge in [0.05, 0.1) is 19.9 Å². The zero-order valence-electron chi connectivity index (χ0n) is 14.7. The van der Waals surface area contributed by atoms with Crippen molar-refractivity contribution < 1.29 is 14.3 Å². The monoisotopic (exact) mass is 340 g/mol. The zero-order valence-corrected chi connectivity index (χ0v) is 14.7. The first-order valence-electron chi connectivity index (χ1n) is 8.51. The molecule has 5 heteroatoms. The summed E-state index contributed by atoms with van der Waals surface area (Å²) in [6.07, 6.45) is 1.05. The van der Waals surface area contributed by atoms with Crippen molar-refractivity contribution in [1.82, 2.24) is 5.32 Å². The van der Waals surface area contributed by atoms with Crippen LogP contribution in [0.2, 0.25) is 0 Å². The van der Waals surface area contributed by atoms with Gasteiger partial charge in [0, 0.05) is 25.2 Å². The first kappa shape index (κ1) is 17.1. The number of amides is 1. The van der Waals surface area contributed by atoms with Gasteiger partial charge in [-0.2, -0.15) is 0 Å². The summed E-state index contributed by atoms with van der Waals surface area (Å²) < 4.78 is 10.6. The van der Waals surface area contributed by atoms with E-state index in [9.17, 15) is 4.79 Å². The molecule has 1 aliphatic heterocycles. The molecule has 1 heterocycles. The molecule has 0 aliphatic carbocycles. The molecule has 0 aromatic heterocycles. The van der Waals surface area contributed by atoms with Gasteiger partial charge in [-0.15, -0.1) is 0 Å². The average Bonchev–Trinajstić information content (AvgIpc) is 3.15. The third-order valence-electron chi connectivity index (χ3n) is 4.59. The molecule has 25 heavy (non-hydrogen) atoms. The molecule has 0 saturated carbocycles. The predicted octanol–water partition coefficient (Wildman–Crippen LogP) is 2.96. The minimum atomic E-state index is -0.0605. The summed E-state index contributed by atoms with van der Waals surface area (Å²) in [4.78, 5) is 14.6. The van der Waals surface area contributed by atoms with Gasteiger partial charge >= 0.3 is 0 Å². The summed E-state index contributed by atoms with van der Waals surface area (Å²) in [6.45, 7) is 2.56. The second-order valence-electron chi connectivity index (χ2n) is 6.21. The SMILES string of the molecule is COc1cccc(C(=O)NC[C@@H]2CCN(c3ccccc3OC)C2)c1. The lowest BCUT2D eigenvalue weighted by Crippen LogP contribution is -2.31. The van der Waals surface area contributed by atoms with Crippen LogP contribution in [-0.2, 0) is 0 Å². The van der Waals surface area contributed by atoms with Crippen LogP contribution in [-0.4, -0.2) is 39.8 Å². The van der Waals surface area contributed by atoms with Gasteiger partial charge in [-0.25, -0.2) is 0 Å². The Balaban J connectivity index is 1.55. The smallest absolute Gasteiger partial charge is 0.251 e. The van der Waals surface area contributed by atoms with Crippen LogP contribution in [0.15, 0.2) is 48.5 Å². The Morgan fingerprint density at radius 1 is 1.16 bits per heavy atom. The average molecular weight is 340 g/mol. The van der Waals surface area contributed by atoms with Crippen LogP contribution in [0.3, 0.4) is 0 Å². The van der Waals surface area contributed by atoms with Crippen LogP contribution in [0.5, 0.6) is 11.5 Å². The van der Waals surface area contributed by atoms with Crippen molar-refractivity contribution in [1.29, 1.82) is 0 Å². The number of hydrogen-bond acceptors (Lipinski definition) is 4. The number of carbonyl (C=O) groups excluding carboxylic acids is 1. The number of para-hydroxylation sites is 2. The summed E-state index contributed by atoms with van der Waals surface area (Å²) >= 11 is 0. The molecule has 3 rings (SSSR count). The molecule has 1 amide bonds. The minimum absolute atomic E-state index is 0.0605. The molecule has 1 atom stereocenters. The Kier molecular flexibility index (Phi) is 5.43. The number of nitrogens with one attached hydrogen (secondary N) is 1. The summed E-state index contributed by atoms with van der Waals surface area (Å²) in [5, 5.41) is 3.04. The highest BCUT2D eigenvalue weighted by Gasteiger charge is 2.25. The number of ether oxygens (including phenoxy) is 2. The molecular formula is C20H24N2O3. The fourth-order valence-electron chi connectivity index (χ4n) is 3.21. The molecule has 0 unspecified atom stereocenters. The second kappa shape index (κ2) is 7.92. The maximum absolute atomic E-state index is 12.3. The largest absolute Gasteiger partial charge is 0.497 e. The fraction of sp³-hybridized carbons (Fsp3) is 0.350. The van der Waals surface area contributed by atoms with Gasteiger partial charge in [-0.1, -0.05) is 18.2 Å². The molecule has 0 radical (unpaired) electrons. The number of anilines is 1. The summed E-state index contributed by atoms with van der Waals surface area (Å²) in [5.74, 6) is 1.95. The summed E-state index contributed by atoms with van der Waals surface area (Å²) in [7, 11) is 3.29. The molecule has 0 bridgehead atoms. The lowest BCUT2D eigenvalue weighted by atomic mass is 10.1. The molecule has 1 saturated heterocycles. The zero-order chi connectivity index (χ0) is 17.6. The Labute approximate surface area is 148 Å². The van der Waals surface area contributed by atoms with Crippen LogP contribution in [0.1, 0.15) is 16.8 Å². The van der Waals surface area contributed by atoms with Gasteiger partial charge in [0.2, 0.25) is 0 Å². The molecule has 1 fully saturated rings. The van der Waals surface area contributed by atoms with Gasteiger partial charge < -0.3 is 19.7 Å². The molecular weight excluding hydrogens is 316 g/mol. The van der Waals surface area contributed by atoms with E-state index in [1.807, 2.05) is 30.3 Å². The second-order valence-corrected chi connectivity index (χ2v) is 6.21. The molecule has 2 aromatic carbocycles. The Hall–Kier alpha value is -2.69. The number of hydrogen-bond donors (Lipinski definition) is 1. The van der Waals surface area contributed by atoms with Crippen molar-refractivity contribution in [2.24, 2.45) is 5.92 Å². The van der Waals surface area contributed by atoms with Crippen LogP contribution in [0, 0.1) is 5.92 Å². The molecule has 1 aliphatic rings. The number of benzene rings is 2.